The Morgan fingerprint density at radius 3 is 2.62 bits per heavy atom. The second-order valence-corrected chi connectivity index (χ2v) is 6.26. The molecule has 1 saturated heterocycles. The van der Waals surface area contributed by atoms with Crippen LogP contribution in [0.25, 0.3) is 5.65 Å². The van der Waals surface area contributed by atoms with Gasteiger partial charge in [-0.2, -0.15) is 0 Å². The zero-order valence-electron chi connectivity index (χ0n) is 13.6. The van der Waals surface area contributed by atoms with Crippen LogP contribution < -0.4 is 5.32 Å². The van der Waals surface area contributed by atoms with Crippen LogP contribution in [0.2, 0.25) is 0 Å². The first-order valence-electron chi connectivity index (χ1n) is 8.42. The van der Waals surface area contributed by atoms with Crippen molar-refractivity contribution < 1.29 is 4.39 Å². The molecule has 1 aliphatic heterocycles. The number of pyridine rings is 1. The second-order valence-electron chi connectivity index (χ2n) is 6.26. The molecule has 0 spiro atoms. The van der Waals surface area contributed by atoms with Crippen LogP contribution in [0.3, 0.4) is 0 Å². The lowest BCUT2D eigenvalue weighted by Crippen LogP contribution is -2.43. The van der Waals surface area contributed by atoms with E-state index in [1.165, 1.54) is 17.8 Å². The largest absolute Gasteiger partial charge is 0.314 e. The molecule has 1 fully saturated rings. The molecule has 0 amide bonds. The van der Waals surface area contributed by atoms with Crippen LogP contribution in [0.4, 0.5) is 4.39 Å². The number of halogens is 1. The summed E-state index contributed by atoms with van der Waals surface area (Å²) in [6.07, 6.45) is 2.80. The standard InChI is InChI=1S/C19H21FN4/c20-16-6-4-15(5-7-16)13-17-18(14-23-11-8-21-9-12-23)24-10-2-1-3-19(24)22-17/h1-7,10,21H,8-9,11-14H2. The normalized spacial score (nSPS) is 15.9. The van der Waals surface area contributed by atoms with Gasteiger partial charge < -0.3 is 9.72 Å². The molecule has 0 bridgehead atoms. The zero-order chi connectivity index (χ0) is 16.4. The Morgan fingerprint density at radius 2 is 1.83 bits per heavy atom. The maximum Gasteiger partial charge on any atom is 0.137 e. The molecular formula is C19H21FN4. The summed E-state index contributed by atoms with van der Waals surface area (Å²) in [6.45, 7) is 5.06. The smallest absolute Gasteiger partial charge is 0.137 e. The lowest BCUT2D eigenvalue weighted by molar-refractivity contribution is 0.229. The van der Waals surface area contributed by atoms with E-state index in [9.17, 15) is 4.39 Å². The highest BCUT2D eigenvalue weighted by atomic mass is 19.1. The second kappa shape index (κ2) is 6.71. The van der Waals surface area contributed by atoms with Crippen LogP contribution in [0.5, 0.6) is 0 Å². The number of nitrogens with zero attached hydrogens (tertiary/aromatic N) is 3. The van der Waals surface area contributed by atoms with Crippen LogP contribution in [-0.4, -0.2) is 40.5 Å². The Labute approximate surface area is 140 Å². The molecule has 0 unspecified atom stereocenters. The Hall–Kier alpha value is -2.24. The van der Waals surface area contributed by atoms with Crippen LogP contribution in [0.1, 0.15) is 17.0 Å². The molecule has 4 rings (SSSR count). The lowest BCUT2D eigenvalue weighted by atomic mass is 10.1. The highest BCUT2D eigenvalue weighted by Crippen LogP contribution is 2.19. The van der Waals surface area contributed by atoms with Crippen molar-refractivity contribution in [3.63, 3.8) is 0 Å². The summed E-state index contributed by atoms with van der Waals surface area (Å²) in [7, 11) is 0. The summed E-state index contributed by atoms with van der Waals surface area (Å²) in [5.74, 6) is -0.199. The molecule has 24 heavy (non-hydrogen) atoms. The molecule has 0 atom stereocenters. The van der Waals surface area contributed by atoms with Gasteiger partial charge in [0, 0.05) is 45.3 Å². The third-order valence-electron chi connectivity index (χ3n) is 4.58. The number of aromatic nitrogens is 2. The van der Waals surface area contributed by atoms with Crippen molar-refractivity contribution in [1.29, 1.82) is 0 Å². The van der Waals surface area contributed by atoms with Gasteiger partial charge >= 0.3 is 0 Å². The van der Waals surface area contributed by atoms with E-state index in [1.807, 2.05) is 30.3 Å². The number of rotatable bonds is 4. The average molecular weight is 324 g/mol. The SMILES string of the molecule is Fc1ccc(Cc2nc3ccccn3c2CN2CCNCC2)cc1. The van der Waals surface area contributed by atoms with Crippen LogP contribution >= 0.6 is 0 Å². The van der Waals surface area contributed by atoms with E-state index < -0.39 is 0 Å². The van der Waals surface area contributed by atoms with Crippen molar-refractivity contribution in [2.45, 2.75) is 13.0 Å². The number of nitrogens with one attached hydrogen (secondary N) is 1. The highest BCUT2D eigenvalue weighted by molar-refractivity contribution is 5.44. The predicted molar refractivity (Wildman–Crippen MR) is 92.5 cm³/mol. The highest BCUT2D eigenvalue weighted by Gasteiger charge is 2.17. The van der Waals surface area contributed by atoms with E-state index >= 15 is 0 Å². The van der Waals surface area contributed by atoms with Crippen molar-refractivity contribution in [1.82, 2.24) is 19.6 Å². The lowest BCUT2D eigenvalue weighted by Gasteiger charge is -2.27. The maximum absolute atomic E-state index is 13.1. The summed E-state index contributed by atoms with van der Waals surface area (Å²) >= 11 is 0. The number of imidazole rings is 1. The average Bonchev–Trinajstić information content (AvgIpc) is 2.95. The number of hydrogen-bond acceptors (Lipinski definition) is 3. The fourth-order valence-corrected chi connectivity index (χ4v) is 3.28. The predicted octanol–water partition coefficient (Wildman–Crippen LogP) is 2.47. The number of hydrogen-bond donors (Lipinski definition) is 1. The number of benzene rings is 1. The van der Waals surface area contributed by atoms with E-state index in [0.717, 1.165) is 56.0 Å². The molecule has 5 heteroatoms. The van der Waals surface area contributed by atoms with Gasteiger partial charge in [-0.3, -0.25) is 4.90 Å². The quantitative estimate of drug-likeness (QED) is 0.800. The van der Waals surface area contributed by atoms with Gasteiger partial charge in [-0.25, -0.2) is 9.37 Å². The van der Waals surface area contributed by atoms with Crippen molar-refractivity contribution in [2.24, 2.45) is 0 Å². The topological polar surface area (TPSA) is 32.6 Å². The third-order valence-corrected chi connectivity index (χ3v) is 4.58. The third kappa shape index (κ3) is 3.18. The van der Waals surface area contributed by atoms with E-state index in [-0.39, 0.29) is 5.82 Å². The Balaban J connectivity index is 1.67. The first-order valence-corrected chi connectivity index (χ1v) is 8.42. The first kappa shape index (κ1) is 15.3. The van der Waals surface area contributed by atoms with Gasteiger partial charge in [-0.05, 0) is 29.8 Å². The fourth-order valence-electron chi connectivity index (χ4n) is 3.28. The van der Waals surface area contributed by atoms with Gasteiger partial charge in [0.2, 0.25) is 0 Å². The summed E-state index contributed by atoms with van der Waals surface area (Å²) in [5.41, 5.74) is 4.37. The first-order chi connectivity index (χ1) is 11.8. The van der Waals surface area contributed by atoms with Gasteiger partial charge in [0.15, 0.2) is 0 Å². The van der Waals surface area contributed by atoms with Crippen molar-refractivity contribution in [3.8, 4) is 0 Å². The maximum atomic E-state index is 13.1. The minimum absolute atomic E-state index is 0.199. The van der Waals surface area contributed by atoms with Crippen LogP contribution in [-0.2, 0) is 13.0 Å². The van der Waals surface area contributed by atoms with Gasteiger partial charge in [-0.1, -0.05) is 18.2 Å². The minimum atomic E-state index is -0.199. The monoisotopic (exact) mass is 324 g/mol. The molecule has 0 saturated carbocycles. The molecule has 0 aliphatic carbocycles. The molecule has 3 aromatic rings. The Kier molecular flexibility index (Phi) is 4.28. The molecule has 2 aromatic heterocycles. The molecule has 0 radical (unpaired) electrons. The summed E-state index contributed by atoms with van der Waals surface area (Å²) < 4.78 is 15.3. The van der Waals surface area contributed by atoms with E-state index in [2.05, 4.69) is 20.8 Å². The Morgan fingerprint density at radius 1 is 1.04 bits per heavy atom. The zero-order valence-corrected chi connectivity index (χ0v) is 13.6. The molecule has 4 nitrogen and oxygen atoms in total. The van der Waals surface area contributed by atoms with Gasteiger partial charge in [0.1, 0.15) is 11.5 Å². The summed E-state index contributed by atoms with van der Waals surface area (Å²) in [6, 6.07) is 12.8. The molecule has 1 aliphatic rings. The van der Waals surface area contributed by atoms with Crippen LogP contribution in [0.15, 0.2) is 48.7 Å². The minimum Gasteiger partial charge on any atom is -0.314 e. The molecule has 1 aromatic carbocycles. The van der Waals surface area contributed by atoms with E-state index in [4.69, 9.17) is 4.98 Å². The van der Waals surface area contributed by atoms with E-state index in [0.29, 0.717) is 0 Å². The fraction of sp³-hybridized carbons (Fsp3) is 0.316. The summed E-state index contributed by atoms with van der Waals surface area (Å²) in [4.78, 5) is 7.28. The van der Waals surface area contributed by atoms with Crippen molar-refractivity contribution >= 4 is 5.65 Å². The number of fused-ring (bicyclic) bond motifs is 1. The van der Waals surface area contributed by atoms with Crippen molar-refractivity contribution in [3.05, 3.63) is 71.4 Å². The Bertz CT molecular complexity index is 819. The van der Waals surface area contributed by atoms with E-state index in [1.54, 1.807) is 0 Å². The van der Waals surface area contributed by atoms with Crippen LogP contribution in [0, 0.1) is 5.82 Å². The molecular weight excluding hydrogens is 303 g/mol. The molecule has 3 heterocycles. The molecule has 1 N–H and O–H groups in total. The van der Waals surface area contributed by atoms with Gasteiger partial charge in [0.05, 0.1) is 11.4 Å². The number of piperazine rings is 1. The molecule has 124 valence electrons. The summed E-state index contributed by atoms with van der Waals surface area (Å²) in [5, 5.41) is 3.39. The van der Waals surface area contributed by atoms with Gasteiger partial charge in [-0.15, -0.1) is 0 Å². The van der Waals surface area contributed by atoms with Crippen molar-refractivity contribution in [2.75, 3.05) is 26.2 Å². The van der Waals surface area contributed by atoms with Gasteiger partial charge in [0.25, 0.3) is 0 Å².